The van der Waals surface area contributed by atoms with Gasteiger partial charge in [-0.05, 0) is 12.1 Å². The first-order chi connectivity index (χ1) is 3.89. The number of hydrogen-bond donors (Lipinski definition) is 0. The molecule has 0 aliphatic carbocycles. The lowest BCUT2D eigenvalue weighted by molar-refractivity contribution is 1.04. The number of rotatable bonds is 0. The average molecular weight is 124 g/mol. The Morgan fingerprint density at radius 1 is 1.38 bits per heavy atom. The molecule has 1 rings (SSSR count). The molecule has 3 heteroatoms. The fraction of sp³-hybridized carbons (Fsp3) is 0. The molecule has 0 spiro atoms. The Bertz CT molecular complexity index is 201. The molecule has 1 aromatic heterocycles. The predicted octanol–water partition coefficient (Wildman–Crippen LogP) is 1.21. The van der Waals surface area contributed by atoms with Crippen LogP contribution in [0.1, 0.15) is 0 Å². The molecule has 0 amide bonds. The van der Waals surface area contributed by atoms with Crippen molar-refractivity contribution in [3.8, 4) is 0 Å². The fourth-order valence-corrected chi connectivity index (χ4v) is 0.475. The standard InChI is InChI=1S/C5H4N2S/c8-5-3-1-2-4-6-7-5/h1-4H. The Morgan fingerprint density at radius 3 is 3.12 bits per heavy atom. The topological polar surface area (TPSA) is 25.8 Å². The number of nitrogens with zero attached hydrogens (tertiary/aromatic N) is 2. The van der Waals surface area contributed by atoms with Crippen molar-refractivity contribution in [2.75, 3.05) is 0 Å². The summed E-state index contributed by atoms with van der Waals surface area (Å²) in [6, 6.07) is 5.31. The van der Waals surface area contributed by atoms with E-state index in [2.05, 4.69) is 10.2 Å². The Kier molecular flexibility index (Phi) is 1.64. The van der Waals surface area contributed by atoms with Gasteiger partial charge in [0.1, 0.15) is 4.64 Å². The van der Waals surface area contributed by atoms with Gasteiger partial charge in [0.05, 0.1) is 0 Å². The minimum atomic E-state index is 0.523. The lowest BCUT2D eigenvalue weighted by Gasteiger charge is -1.59. The van der Waals surface area contributed by atoms with Gasteiger partial charge >= 0.3 is 0 Å². The summed E-state index contributed by atoms with van der Waals surface area (Å²) in [5.41, 5.74) is 0. The van der Waals surface area contributed by atoms with Crippen molar-refractivity contribution < 1.29 is 0 Å². The zero-order valence-electron chi connectivity index (χ0n) is 4.11. The average Bonchev–Trinajstić information content (AvgIpc) is 1.94. The molecule has 0 aliphatic rings. The third-order valence-electron chi connectivity index (χ3n) is 0.659. The van der Waals surface area contributed by atoms with Gasteiger partial charge in [-0.1, -0.05) is 18.3 Å². The second kappa shape index (κ2) is 2.47. The molecule has 8 heavy (non-hydrogen) atoms. The Balaban J connectivity index is 3.32. The van der Waals surface area contributed by atoms with E-state index in [0.29, 0.717) is 4.64 Å². The van der Waals surface area contributed by atoms with Crippen LogP contribution in [-0.4, -0.2) is 10.2 Å². The van der Waals surface area contributed by atoms with E-state index in [1.165, 1.54) is 0 Å². The molecule has 0 atom stereocenters. The summed E-state index contributed by atoms with van der Waals surface area (Å²) in [4.78, 5) is 0. The van der Waals surface area contributed by atoms with E-state index in [1.54, 1.807) is 18.3 Å². The van der Waals surface area contributed by atoms with Gasteiger partial charge in [0, 0.05) is 6.20 Å². The van der Waals surface area contributed by atoms with Crippen molar-refractivity contribution in [1.29, 1.82) is 0 Å². The van der Waals surface area contributed by atoms with Crippen LogP contribution in [0.15, 0.2) is 24.4 Å². The molecule has 0 saturated heterocycles. The molecular formula is C5H4N2S. The van der Waals surface area contributed by atoms with Crippen LogP contribution in [0.25, 0.3) is 0 Å². The van der Waals surface area contributed by atoms with Crippen LogP contribution in [-0.2, 0) is 0 Å². The van der Waals surface area contributed by atoms with Gasteiger partial charge in [-0.3, -0.25) is 0 Å². The van der Waals surface area contributed by atoms with Crippen LogP contribution in [0, 0.1) is 4.64 Å². The molecule has 1 heterocycles. The van der Waals surface area contributed by atoms with Crippen LogP contribution in [0.2, 0.25) is 0 Å². The van der Waals surface area contributed by atoms with Gasteiger partial charge in [-0.2, -0.15) is 5.10 Å². The smallest absolute Gasteiger partial charge is 0.148 e. The van der Waals surface area contributed by atoms with Gasteiger partial charge in [-0.15, -0.1) is 5.10 Å². The molecule has 1 aromatic rings. The normalized spacial score (nSPS) is 8.50. The third kappa shape index (κ3) is 1.35. The highest BCUT2D eigenvalue weighted by Crippen LogP contribution is 1.77. The monoisotopic (exact) mass is 124 g/mol. The van der Waals surface area contributed by atoms with Crippen molar-refractivity contribution >= 4 is 12.2 Å². The van der Waals surface area contributed by atoms with Crippen molar-refractivity contribution in [3.63, 3.8) is 0 Å². The molecular weight excluding hydrogens is 120 g/mol. The first kappa shape index (κ1) is 5.31. The molecule has 40 valence electrons. The summed E-state index contributed by atoms with van der Waals surface area (Å²) < 4.78 is 0.523. The molecule has 0 fully saturated rings. The van der Waals surface area contributed by atoms with Crippen LogP contribution >= 0.6 is 12.2 Å². The van der Waals surface area contributed by atoms with E-state index < -0.39 is 0 Å². The largest absolute Gasteiger partial charge is 0.158 e. The quantitative estimate of drug-likeness (QED) is 0.486. The van der Waals surface area contributed by atoms with Crippen LogP contribution in [0.3, 0.4) is 0 Å². The second-order valence-electron chi connectivity index (χ2n) is 1.25. The van der Waals surface area contributed by atoms with E-state index in [-0.39, 0.29) is 0 Å². The van der Waals surface area contributed by atoms with E-state index in [4.69, 9.17) is 12.2 Å². The van der Waals surface area contributed by atoms with E-state index in [0.717, 1.165) is 0 Å². The molecule has 0 bridgehead atoms. The lowest BCUT2D eigenvalue weighted by Crippen LogP contribution is -1.66. The highest BCUT2D eigenvalue weighted by molar-refractivity contribution is 7.71. The number of aromatic nitrogens is 2. The SMILES string of the molecule is S=c1ccccnn1. The molecule has 0 unspecified atom stereocenters. The minimum absolute atomic E-state index is 0.523. The zero-order chi connectivity index (χ0) is 5.82. The van der Waals surface area contributed by atoms with Crippen LogP contribution in [0.5, 0.6) is 0 Å². The molecule has 0 aliphatic heterocycles. The minimum Gasteiger partial charge on any atom is -0.158 e. The van der Waals surface area contributed by atoms with E-state index in [9.17, 15) is 0 Å². The zero-order valence-corrected chi connectivity index (χ0v) is 4.93. The summed E-state index contributed by atoms with van der Waals surface area (Å²) >= 11 is 4.71. The van der Waals surface area contributed by atoms with Crippen LogP contribution < -0.4 is 0 Å². The lowest BCUT2D eigenvalue weighted by atomic mass is 10.6. The van der Waals surface area contributed by atoms with Gasteiger partial charge in [0.25, 0.3) is 0 Å². The highest BCUT2D eigenvalue weighted by Gasteiger charge is 1.68. The summed E-state index contributed by atoms with van der Waals surface area (Å²) in [5, 5.41) is 7.20. The maximum Gasteiger partial charge on any atom is 0.148 e. The molecule has 2 nitrogen and oxygen atoms in total. The Labute approximate surface area is 52.2 Å². The van der Waals surface area contributed by atoms with E-state index >= 15 is 0 Å². The molecule has 0 aromatic carbocycles. The van der Waals surface area contributed by atoms with Gasteiger partial charge < -0.3 is 0 Å². The first-order valence-electron chi connectivity index (χ1n) is 2.17. The first-order valence-corrected chi connectivity index (χ1v) is 2.58. The predicted molar refractivity (Wildman–Crippen MR) is 32.9 cm³/mol. The van der Waals surface area contributed by atoms with Crippen molar-refractivity contribution in [1.82, 2.24) is 10.2 Å². The third-order valence-corrected chi connectivity index (χ3v) is 0.877. The van der Waals surface area contributed by atoms with Gasteiger partial charge in [-0.25, -0.2) is 0 Å². The summed E-state index contributed by atoms with van der Waals surface area (Å²) in [6.45, 7) is 0. The fourth-order valence-electron chi connectivity index (χ4n) is 0.350. The molecule has 0 radical (unpaired) electrons. The van der Waals surface area contributed by atoms with Crippen molar-refractivity contribution in [2.45, 2.75) is 0 Å². The maximum absolute atomic E-state index is 4.71. The summed E-state index contributed by atoms with van der Waals surface area (Å²) in [6.07, 6.45) is 1.59. The summed E-state index contributed by atoms with van der Waals surface area (Å²) in [7, 11) is 0. The Morgan fingerprint density at radius 2 is 2.25 bits per heavy atom. The van der Waals surface area contributed by atoms with Crippen molar-refractivity contribution in [3.05, 3.63) is 29.0 Å². The maximum atomic E-state index is 4.71. The Hall–Kier alpha value is -0.830. The van der Waals surface area contributed by atoms with Crippen molar-refractivity contribution in [2.24, 2.45) is 0 Å². The van der Waals surface area contributed by atoms with E-state index in [1.807, 2.05) is 6.07 Å². The second-order valence-corrected chi connectivity index (χ2v) is 1.67. The van der Waals surface area contributed by atoms with Crippen LogP contribution in [0.4, 0.5) is 0 Å². The highest BCUT2D eigenvalue weighted by atomic mass is 32.1. The van der Waals surface area contributed by atoms with Gasteiger partial charge in [0.2, 0.25) is 0 Å². The number of hydrogen-bond acceptors (Lipinski definition) is 3. The molecule has 0 N–H and O–H groups in total. The summed E-state index contributed by atoms with van der Waals surface area (Å²) in [5.74, 6) is 0. The molecule has 0 saturated carbocycles. The van der Waals surface area contributed by atoms with Gasteiger partial charge in [0.15, 0.2) is 0 Å².